The number of thioether (sulfide) groups is 1. The number of carbonyl (C=O) groups excluding carboxylic acids is 1. The molecule has 2 heterocycles. The molecule has 4 aromatic rings. The highest BCUT2D eigenvalue weighted by Gasteiger charge is 2.19. The zero-order valence-electron chi connectivity index (χ0n) is 14.9. The van der Waals surface area contributed by atoms with Crippen LogP contribution in [-0.4, -0.2) is 26.6 Å². The molecule has 2 N–H and O–H groups in total. The number of carbonyl (C=O) groups is 1. The molecular weight excluding hydrogens is 388 g/mol. The molecule has 0 aliphatic carbocycles. The Hall–Kier alpha value is -2.90. The van der Waals surface area contributed by atoms with Gasteiger partial charge < -0.3 is 10.3 Å². The van der Waals surface area contributed by atoms with Gasteiger partial charge in [-0.3, -0.25) is 4.79 Å². The summed E-state index contributed by atoms with van der Waals surface area (Å²) in [4.78, 5) is 24.6. The minimum atomic E-state index is -0.245. The minimum absolute atomic E-state index is 0.0632. The van der Waals surface area contributed by atoms with Crippen LogP contribution in [0, 0.1) is 0 Å². The van der Waals surface area contributed by atoms with Gasteiger partial charge in [0, 0.05) is 11.6 Å². The summed E-state index contributed by atoms with van der Waals surface area (Å²) in [5.41, 5.74) is 3.02. The number of nitrogens with one attached hydrogen (secondary N) is 2. The summed E-state index contributed by atoms with van der Waals surface area (Å²) in [6, 6.07) is 19.6. The number of H-pyrrole nitrogens is 1. The molecule has 0 aliphatic heterocycles. The highest BCUT2D eigenvalue weighted by Crippen LogP contribution is 2.25. The molecule has 7 heteroatoms. The molecule has 0 saturated heterocycles. The van der Waals surface area contributed by atoms with E-state index in [1.807, 2.05) is 66.0 Å². The van der Waals surface area contributed by atoms with E-state index in [4.69, 9.17) is 0 Å². The van der Waals surface area contributed by atoms with Crippen molar-refractivity contribution in [3.8, 4) is 11.3 Å². The molecule has 1 amide bonds. The van der Waals surface area contributed by atoms with Gasteiger partial charge in [0.1, 0.15) is 11.0 Å². The van der Waals surface area contributed by atoms with Crippen LogP contribution >= 0.6 is 23.1 Å². The fourth-order valence-corrected chi connectivity index (χ4v) is 4.16. The van der Waals surface area contributed by atoms with E-state index in [-0.39, 0.29) is 17.7 Å². The molecule has 0 fully saturated rings. The van der Waals surface area contributed by atoms with Crippen molar-refractivity contribution in [1.29, 1.82) is 0 Å². The Morgan fingerprint density at radius 3 is 2.54 bits per heavy atom. The maximum Gasteiger partial charge on any atom is 0.231 e. The number of amides is 1. The predicted octanol–water partition coefficient (Wildman–Crippen LogP) is 4.53. The molecule has 1 atom stereocenters. The Labute approximate surface area is 171 Å². The van der Waals surface area contributed by atoms with Gasteiger partial charge in [-0.2, -0.15) is 0 Å². The van der Waals surface area contributed by atoms with Crippen LogP contribution in [0.5, 0.6) is 0 Å². The van der Waals surface area contributed by atoms with Crippen LogP contribution in [-0.2, 0) is 4.79 Å². The zero-order chi connectivity index (χ0) is 19.2. The van der Waals surface area contributed by atoms with Gasteiger partial charge in [-0.05, 0) is 11.1 Å². The Bertz CT molecular complexity index is 1020. The number of aromatic amines is 1. The molecule has 0 spiro atoms. The number of hydrogen-bond acceptors (Lipinski definition) is 5. The third-order valence-electron chi connectivity index (χ3n) is 4.11. The van der Waals surface area contributed by atoms with Crippen LogP contribution in [0.15, 0.2) is 83.6 Å². The predicted molar refractivity (Wildman–Crippen MR) is 113 cm³/mol. The first-order valence-electron chi connectivity index (χ1n) is 8.76. The van der Waals surface area contributed by atoms with Gasteiger partial charge >= 0.3 is 0 Å². The molecule has 5 nitrogen and oxygen atoms in total. The molecule has 4 rings (SSSR count). The summed E-state index contributed by atoms with van der Waals surface area (Å²) in [6.45, 7) is 0. The molecule has 0 radical (unpaired) electrons. The van der Waals surface area contributed by atoms with E-state index in [0.717, 1.165) is 27.0 Å². The summed E-state index contributed by atoms with van der Waals surface area (Å²) in [5.74, 6) is 0.211. The first kappa shape index (κ1) is 18.5. The van der Waals surface area contributed by atoms with Gasteiger partial charge in [0.25, 0.3) is 0 Å². The SMILES string of the molecule is O=C(CSc1ncc(-c2ccccc2)[nH]1)NC(c1ccccc1)c1nccs1. The van der Waals surface area contributed by atoms with E-state index in [9.17, 15) is 4.79 Å². The summed E-state index contributed by atoms with van der Waals surface area (Å²) < 4.78 is 0. The Morgan fingerprint density at radius 2 is 1.82 bits per heavy atom. The zero-order valence-corrected chi connectivity index (χ0v) is 16.5. The largest absolute Gasteiger partial charge is 0.342 e. The number of rotatable bonds is 7. The van der Waals surface area contributed by atoms with Crippen LogP contribution in [0.2, 0.25) is 0 Å². The standard InChI is InChI=1S/C21H18N4OS2/c26-18(14-28-21-23-13-17(24-21)15-7-3-1-4-8-15)25-19(20-22-11-12-27-20)16-9-5-2-6-10-16/h1-13,19H,14H2,(H,23,24)(H,25,26). The third kappa shape index (κ3) is 4.49. The summed E-state index contributed by atoms with van der Waals surface area (Å²) in [7, 11) is 0. The maximum absolute atomic E-state index is 12.6. The van der Waals surface area contributed by atoms with Crippen LogP contribution < -0.4 is 5.32 Å². The number of thiazole rings is 1. The lowest BCUT2D eigenvalue weighted by Crippen LogP contribution is -2.30. The normalized spacial score (nSPS) is 11.9. The van der Waals surface area contributed by atoms with Gasteiger partial charge in [-0.25, -0.2) is 9.97 Å². The topological polar surface area (TPSA) is 70.7 Å². The second-order valence-electron chi connectivity index (χ2n) is 6.04. The first-order valence-corrected chi connectivity index (χ1v) is 10.6. The van der Waals surface area contributed by atoms with Gasteiger partial charge in [0.2, 0.25) is 5.91 Å². The molecule has 1 unspecified atom stereocenters. The summed E-state index contributed by atoms with van der Waals surface area (Å²) >= 11 is 2.91. The van der Waals surface area contributed by atoms with E-state index >= 15 is 0 Å². The van der Waals surface area contributed by atoms with Gasteiger partial charge in [-0.1, -0.05) is 72.4 Å². The lowest BCUT2D eigenvalue weighted by atomic mass is 10.1. The van der Waals surface area contributed by atoms with Crippen molar-refractivity contribution in [3.05, 3.63) is 89.0 Å². The van der Waals surface area contributed by atoms with E-state index in [1.54, 1.807) is 12.4 Å². The second kappa shape index (κ2) is 8.86. The molecule has 0 bridgehead atoms. The molecular formula is C21H18N4OS2. The first-order chi connectivity index (χ1) is 13.8. The van der Waals surface area contributed by atoms with E-state index in [0.29, 0.717) is 0 Å². The second-order valence-corrected chi connectivity index (χ2v) is 7.93. The molecule has 2 aromatic heterocycles. The lowest BCUT2D eigenvalue weighted by Gasteiger charge is -2.16. The van der Waals surface area contributed by atoms with Crippen molar-refractivity contribution < 1.29 is 4.79 Å². The van der Waals surface area contributed by atoms with Crippen molar-refractivity contribution in [2.45, 2.75) is 11.2 Å². The van der Waals surface area contributed by atoms with Gasteiger partial charge in [0.15, 0.2) is 5.16 Å². The molecule has 0 saturated carbocycles. The minimum Gasteiger partial charge on any atom is -0.342 e. The lowest BCUT2D eigenvalue weighted by molar-refractivity contribution is -0.119. The monoisotopic (exact) mass is 406 g/mol. The Kier molecular flexibility index (Phi) is 5.84. The van der Waals surface area contributed by atoms with Gasteiger partial charge in [0.05, 0.1) is 17.6 Å². The molecule has 0 aliphatic rings. The molecule has 28 heavy (non-hydrogen) atoms. The highest BCUT2D eigenvalue weighted by atomic mass is 32.2. The van der Waals surface area contributed by atoms with Crippen molar-refractivity contribution in [3.63, 3.8) is 0 Å². The smallest absolute Gasteiger partial charge is 0.231 e. The fourth-order valence-electron chi connectivity index (χ4n) is 2.79. The van der Waals surface area contributed by atoms with E-state index in [2.05, 4.69) is 20.3 Å². The molecule has 140 valence electrons. The highest BCUT2D eigenvalue weighted by molar-refractivity contribution is 7.99. The third-order valence-corrected chi connectivity index (χ3v) is 5.84. The van der Waals surface area contributed by atoms with Crippen LogP contribution in [0.3, 0.4) is 0 Å². The number of hydrogen-bond donors (Lipinski definition) is 2. The van der Waals surface area contributed by atoms with Crippen LogP contribution in [0.25, 0.3) is 11.3 Å². The number of imidazole rings is 1. The summed E-state index contributed by atoms with van der Waals surface area (Å²) in [6.07, 6.45) is 3.54. The van der Waals surface area contributed by atoms with Crippen molar-refractivity contribution in [2.75, 3.05) is 5.75 Å². The summed E-state index contributed by atoms with van der Waals surface area (Å²) in [5, 5.41) is 6.60. The number of nitrogens with zero attached hydrogens (tertiary/aromatic N) is 2. The van der Waals surface area contributed by atoms with E-state index in [1.165, 1.54) is 23.1 Å². The number of aromatic nitrogens is 3. The fraction of sp³-hybridized carbons (Fsp3) is 0.0952. The van der Waals surface area contributed by atoms with Crippen molar-refractivity contribution in [2.24, 2.45) is 0 Å². The Morgan fingerprint density at radius 1 is 1.07 bits per heavy atom. The maximum atomic E-state index is 12.6. The van der Waals surface area contributed by atoms with Gasteiger partial charge in [-0.15, -0.1) is 11.3 Å². The average Bonchev–Trinajstić information content (AvgIpc) is 3.44. The van der Waals surface area contributed by atoms with Crippen LogP contribution in [0.4, 0.5) is 0 Å². The average molecular weight is 407 g/mol. The van der Waals surface area contributed by atoms with E-state index < -0.39 is 0 Å². The quantitative estimate of drug-likeness (QED) is 0.442. The Balaban J connectivity index is 1.40. The van der Waals surface area contributed by atoms with Crippen molar-refractivity contribution in [1.82, 2.24) is 20.3 Å². The van der Waals surface area contributed by atoms with Crippen molar-refractivity contribution >= 4 is 29.0 Å². The van der Waals surface area contributed by atoms with Crippen LogP contribution in [0.1, 0.15) is 16.6 Å². The molecule has 2 aromatic carbocycles. The number of benzene rings is 2.